The summed E-state index contributed by atoms with van der Waals surface area (Å²) in [5.74, 6) is 2.75. The summed E-state index contributed by atoms with van der Waals surface area (Å²) >= 11 is 0. The van der Waals surface area contributed by atoms with Gasteiger partial charge in [-0.05, 0) is 26.1 Å². The fraction of sp³-hybridized carbons (Fsp3) is 0.733. The minimum atomic E-state index is -1.59. The van der Waals surface area contributed by atoms with E-state index in [2.05, 4.69) is 39.1 Å². The Labute approximate surface area is 109 Å². The molecular formula is C15H28OSi. The van der Waals surface area contributed by atoms with Crippen LogP contribution in [-0.2, 0) is 4.43 Å². The molecule has 98 valence electrons. The fourth-order valence-corrected chi connectivity index (χ4v) is 3.50. The van der Waals surface area contributed by atoms with Crippen molar-refractivity contribution in [1.29, 1.82) is 0 Å². The quantitative estimate of drug-likeness (QED) is 0.249. The van der Waals surface area contributed by atoms with Crippen LogP contribution in [0.5, 0.6) is 0 Å². The number of hydrogen-bond acceptors (Lipinski definition) is 1. The zero-order valence-corrected chi connectivity index (χ0v) is 13.0. The van der Waals surface area contributed by atoms with Crippen molar-refractivity contribution in [3.63, 3.8) is 0 Å². The molecule has 17 heavy (non-hydrogen) atoms. The van der Waals surface area contributed by atoms with Gasteiger partial charge in [-0.2, -0.15) is 0 Å². The molecule has 0 aliphatic carbocycles. The van der Waals surface area contributed by atoms with Crippen molar-refractivity contribution in [1.82, 2.24) is 0 Å². The smallest absolute Gasteiger partial charge is 0.184 e. The molecule has 1 atom stereocenters. The molecule has 0 aliphatic heterocycles. The topological polar surface area (TPSA) is 9.23 Å². The highest BCUT2D eigenvalue weighted by molar-refractivity contribution is 6.69. The molecule has 0 aromatic carbocycles. The Morgan fingerprint density at radius 2 is 1.94 bits per heavy atom. The van der Waals surface area contributed by atoms with Gasteiger partial charge in [-0.1, -0.05) is 38.7 Å². The van der Waals surface area contributed by atoms with Crippen LogP contribution in [0.3, 0.4) is 0 Å². The molecule has 1 unspecified atom stereocenters. The van der Waals surface area contributed by atoms with E-state index in [1.807, 2.05) is 6.08 Å². The van der Waals surface area contributed by atoms with Gasteiger partial charge in [0.05, 0.1) is 5.60 Å². The minimum Gasteiger partial charge on any atom is -0.408 e. The van der Waals surface area contributed by atoms with Crippen molar-refractivity contribution in [2.45, 2.75) is 70.7 Å². The fourth-order valence-electron chi connectivity index (χ4n) is 2.02. The van der Waals surface area contributed by atoms with Crippen LogP contribution in [0.2, 0.25) is 19.6 Å². The first-order valence-electron chi connectivity index (χ1n) is 6.66. The number of unbranched alkanes of at least 4 members (excludes halogenated alkanes) is 3. The summed E-state index contributed by atoms with van der Waals surface area (Å²) < 4.78 is 6.27. The van der Waals surface area contributed by atoms with Crippen molar-refractivity contribution in [3.05, 3.63) is 12.7 Å². The maximum Gasteiger partial charge on any atom is 0.184 e. The van der Waals surface area contributed by atoms with Crippen LogP contribution in [-0.4, -0.2) is 13.9 Å². The molecule has 0 heterocycles. The third-order valence-electron chi connectivity index (χ3n) is 2.74. The van der Waals surface area contributed by atoms with Crippen LogP contribution < -0.4 is 0 Å². The van der Waals surface area contributed by atoms with Gasteiger partial charge in [0.15, 0.2) is 8.32 Å². The standard InChI is InChI=1S/C15H28OSi/c1-7-10-11-12-14-15(9-3,13-8-2)16-17(4,5)6/h2,9H,3,7,10-14H2,1,4-6H3. The Balaban J connectivity index is 4.49. The number of hydrogen-bond donors (Lipinski definition) is 0. The second kappa shape index (κ2) is 7.74. The van der Waals surface area contributed by atoms with Gasteiger partial charge in [-0.15, -0.1) is 18.9 Å². The molecule has 0 bridgehead atoms. The Bertz CT molecular complexity index is 259. The lowest BCUT2D eigenvalue weighted by molar-refractivity contribution is 0.104. The van der Waals surface area contributed by atoms with E-state index >= 15 is 0 Å². The predicted octanol–water partition coefficient (Wildman–Crippen LogP) is 4.76. The molecule has 0 fully saturated rings. The van der Waals surface area contributed by atoms with Crippen molar-refractivity contribution < 1.29 is 4.43 Å². The second-order valence-corrected chi connectivity index (χ2v) is 10.1. The molecule has 0 spiro atoms. The maximum absolute atomic E-state index is 6.27. The normalized spacial score (nSPS) is 15.0. The monoisotopic (exact) mass is 252 g/mol. The summed E-state index contributed by atoms with van der Waals surface area (Å²) in [5, 5.41) is 0. The van der Waals surface area contributed by atoms with Crippen molar-refractivity contribution in [3.8, 4) is 12.3 Å². The highest BCUT2D eigenvalue weighted by Gasteiger charge is 2.32. The zero-order chi connectivity index (χ0) is 13.4. The van der Waals surface area contributed by atoms with Gasteiger partial charge in [0.25, 0.3) is 0 Å². The van der Waals surface area contributed by atoms with E-state index in [1.54, 1.807) is 0 Å². The summed E-state index contributed by atoms with van der Waals surface area (Å²) in [5.41, 5.74) is -0.285. The SMILES string of the molecule is C#CCC(C=C)(CCCCCC)O[Si](C)(C)C. The lowest BCUT2D eigenvalue weighted by atomic mass is 9.93. The van der Waals surface area contributed by atoms with Gasteiger partial charge >= 0.3 is 0 Å². The van der Waals surface area contributed by atoms with Gasteiger partial charge in [-0.3, -0.25) is 0 Å². The van der Waals surface area contributed by atoms with E-state index < -0.39 is 8.32 Å². The van der Waals surface area contributed by atoms with Crippen LogP contribution >= 0.6 is 0 Å². The van der Waals surface area contributed by atoms with Crippen LogP contribution in [0, 0.1) is 12.3 Å². The summed E-state index contributed by atoms with van der Waals surface area (Å²) in [6.45, 7) is 12.8. The molecule has 1 nitrogen and oxygen atoms in total. The second-order valence-electron chi connectivity index (χ2n) is 5.67. The average molecular weight is 252 g/mol. The minimum absolute atomic E-state index is 0.285. The first kappa shape index (κ1) is 16.5. The molecule has 0 aliphatic rings. The average Bonchev–Trinajstić information content (AvgIpc) is 2.22. The first-order valence-corrected chi connectivity index (χ1v) is 10.1. The summed E-state index contributed by atoms with van der Waals surface area (Å²) in [6, 6.07) is 0. The highest BCUT2D eigenvalue weighted by atomic mass is 28.4. The van der Waals surface area contributed by atoms with Gasteiger partial charge < -0.3 is 4.43 Å². The number of terminal acetylenes is 1. The lowest BCUT2D eigenvalue weighted by Crippen LogP contribution is -2.41. The molecule has 0 aromatic rings. The molecular weight excluding hydrogens is 224 g/mol. The number of rotatable bonds is 9. The Morgan fingerprint density at radius 1 is 1.29 bits per heavy atom. The predicted molar refractivity (Wildman–Crippen MR) is 79.6 cm³/mol. The van der Waals surface area contributed by atoms with Crippen LogP contribution in [0.25, 0.3) is 0 Å². The Morgan fingerprint density at radius 3 is 2.35 bits per heavy atom. The molecule has 0 amide bonds. The van der Waals surface area contributed by atoms with Crippen molar-refractivity contribution in [2.75, 3.05) is 0 Å². The van der Waals surface area contributed by atoms with Crippen LogP contribution in [0.4, 0.5) is 0 Å². The van der Waals surface area contributed by atoms with E-state index in [0.29, 0.717) is 6.42 Å². The van der Waals surface area contributed by atoms with Gasteiger partial charge in [-0.25, -0.2) is 0 Å². The maximum atomic E-state index is 6.27. The summed E-state index contributed by atoms with van der Waals surface area (Å²) in [6.07, 6.45) is 14.0. The Kier molecular flexibility index (Phi) is 7.50. The van der Waals surface area contributed by atoms with Gasteiger partial charge in [0, 0.05) is 6.42 Å². The summed E-state index contributed by atoms with van der Waals surface area (Å²) in [4.78, 5) is 0. The molecule has 2 heteroatoms. The largest absolute Gasteiger partial charge is 0.408 e. The summed E-state index contributed by atoms with van der Waals surface area (Å²) in [7, 11) is -1.59. The van der Waals surface area contributed by atoms with E-state index in [9.17, 15) is 0 Å². The van der Waals surface area contributed by atoms with Crippen LogP contribution in [0.15, 0.2) is 12.7 Å². The van der Waals surface area contributed by atoms with E-state index in [-0.39, 0.29) is 5.60 Å². The van der Waals surface area contributed by atoms with E-state index in [4.69, 9.17) is 10.8 Å². The van der Waals surface area contributed by atoms with Gasteiger partial charge in [0.1, 0.15) is 0 Å². The lowest BCUT2D eigenvalue weighted by Gasteiger charge is -2.36. The first-order chi connectivity index (χ1) is 7.89. The molecule has 0 radical (unpaired) electrons. The highest BCUT2D eigenvalue weighted by Crippen LogP contribution is 2.29. The van der Waals surface area contributed by atoms with Crippen molar-refractivity contribution in [2.24, 2.45) is 0 Å². The molecule has 0 aromatic heterocycles. The van der Waals surface area contributed by atoms with Crippen molar-refractivity contribution >= 4 is 8.32 Å². The van der Waals surface area contributed by atoms with E-state index in [1.165, 1.54) is 25.7 Å². The van der Waals surface area contributed by atoms with Gasteiger partial charge in [0.2, 0.25) is 0 Å². The van der Waals surface area contributed by atoms with E-state index in [0.717, 1.165) is 6.42 Å². The van der Waals surface area contributed by atoms with Crippen LogP contribution in [0.1, 0.15) is 45.4 Å². The molecule has 0 saturated heterocycles. The molecule has 0 N–H and O–H groups in total. The third kappa shape index (κ3) is 7.41. The third-order valence-corrected chi connectivity index (χ3v) is 3.76. The Hall–Kier alpha value is -0.523. The molecule has 0 saturated carbocycles. The zero-order valence-electron chi connectivity index (χ0n) is 12.0. The molecule has 0 rings (SSSR count).